The van der Waals surface area contributed by atoms with Gasteiger partial charge in [0.05, 0.1) is 26.3 Å². The summed E-state index contributed by atoms with van der Waals surface area (Å²) in [5.74, 6) is 3.28. The quantitative estimate of drug-likeness (QED) is 0.443. The molecule has 2 aromatic rings. The first-order valence-corrected chi connectivity index (χ1v) is 8.47. The number of rotatable bonds is 8. The molecule has 0 bridgehead atoms. The van der Waals surface area contributed by atoms with Gasteiger partial charge in [0, 0.05) is 6.54 Å². The average Bonchev–Trinajstić information content (AvgIpc) is 2.65. The molecule has 4 heteroatoms. The van der Waals surface area contributed by atoms with Crippen LogP contribution in [0.3, 0.4) is 0 Å². The van der Waals surface area contributed by atoms with Crippen LogP contribution in [0.4, 0.5) is 0 Å². The van der Waals surface area contributed by atoms with E-state index < -0.39 is 0 Å². The van der Waals surface area contributed by atoms with Crippen molar-refractivity contribution in [3.05, 3.63) is 71.3 Å². The van der Waals surface area contributed by atoms with E-state index in [-0.39, 0.29) is 0 Å². The van der Waals surface area contributed by atoms with Gasteiger partial charge < -0.3 is 15.4 Å². The summed E-state index contributed by atoms with van der Waals surface area (Å²) in [5.41, 5.74) is 3.46. The van der Waals surface area contributed by atoms with Crippen LogP contribution in [0.25, 0.3) is 0 Å². The van der Waals surface area contributed by atoms with Gasteiger partial charge in [0.2, 0.25) is 0 Å². The Balaban J connectivity index is 1.88. The van der Waals surface area contributed by atoms with E-state index in [1.807, 2.05) is 31.2 Å². The summed E-state index contributed by atoms with van der Waals surface area (Å²) in [6, 6.07) is 18.5. The Hall–Kier alpha value is -2.77. The smallest absolute Gasteiger partial charge is 0.192 e. The van der Waals surface area contributed by atoms with E-state index in [0.29, 0.717) is 26.3 Å². The molecule has 0 amide bonds. The van der Waals surface area contributed by atoms with Crippen molar-refractivity contribution in [3.8, 4) is 12.3 Å². The molecule has 0 aliphatic rings. The summed E-state index contributed by atoms with van der Waals surface area (Å²) >= 11 is 0. The van der Waals surface area contributed by atoms with Crippen LogP contribution >= 0.6 is 0 Å². The van der Waals surface area contributed by atoms with E-state index >= 15 is 0 Å². The molecule has 0 spiro atoms. The fraction of sp³-hybridized carbons (Fsp3) is 0.286. The van der Waals surface area contributed by atoms with Crippen LogP contribution in [0.2, 0.25) is 0 Å². The molecular weight excluding hydrogens is 310 g/mol. The normalized spacial score (nSPS) is 11.0. The SMILES string of the molecule is C#CCNC(=NCc1cccc(COCc2ccccc2)c1)NCC. The first-order valence-electron chi connectivity index (χ1n) is 8.47. The summed E-state index contributed by atoms with van der Waals surface area (Å²) in [4.78, 5) is 4.55. The van der Waals surface area contributed by atoms with Gasteiger partial charge in [0.1, 0.15) is 0 Å². The fourth-order valence-electron chi connectivity index (χ4n) is 2.33. The Morgan fingerprint density at radius 3 is 2.48 bits per heavy atom. The third-order valence-electron chi connectivity index (χ3n) is 3.49. The topological polar surface area (TPSA) is 45.7 Å². The number of hydrogen-bond acceptors (Lipinski definition) is 2. The van der Waals surface area contributed by atoms with E-state index in [9.17, 15) is 0 Å². The fourth-order valence-corrected chi connectivity index (χ4v) is 2.33. The van der Waals surface area contributed by atoms with E-state index in [1.54, 1.807) is 0 Å². The van der Waals surface area contributed by atoms with E-state index in [4.69, 9.17) is 11.2 Å². The van der Waals surface area contributed by atoms with Gasteiger partial charge in [-0.15, -0.1) is 6.42 Å². The number of nitrogens with zero attached hydrogens (tertiary/aromatic N) is 1. The average molecular weight is 335 g/mol. The number of aliphatic imine (C=N–C) groups is 1. The van der Waals surface area contributed by atoms with Gasteiger partial charge in [0.15, 0.2) is 5.96 Å². The number of ether oxygens (including phenoxy) is 1. The lowest BCUT2D eigenvalue weighted by Gasteiger charge is -2.09. The molecule has 130 valence electrons. The molecule has 0 saturated carbocycles. The van der Waals surface area contributed by atoms with Gasteiger partial charge in [0.25, 0.3) is 0 Å². The first-order chi connectivity index (χ1) is 12.3. The van der Waals surface area contributed by atoms with Crippen molar-refractivity contribution < 1.29 is 4.74 Å². The van der Waals surface area contributed by atoms with Crippen molar-refractivity contribution in [2.75, 3.05) is 13.1 Å². The number of nitrogens with one attached hydrogen (secondary N) is 2. The second-order valence-electron chi connectivity index (χ2n) is 5.55. The number of terminal acetylenes is 1. The minimum absolute atomic E-state index is 0.458. The van der Waals surface area contributed by atoms with Crippen molar-refractivity contribution in [1.29, 1.82) is 0 Å². The zero-order valence-corrected chi connectivity index (χ0v) is 14.7. The van der Waals surface area contributed by atoms with Crippen molar-refractivity contribution in [2.45, 2.75) is 26.7 Å². The highest BCUT2D eigenvalue weighted by atomic mass is 16.5. The van der Waals surface area contributed by atoms with Crippen LogP contribution in [-0.4, -0.2) is 19.0 Å². The third-order valence-corrected chi connectivity index (χ3v) is 3.49. The zero-order chi connectivity index (χ0) is 17.7. The molecule has 0 radical (unpaired) electrons. The van der Waals surface area contributed by atoms with Gasteiger partial charge >= 0.3 is 0 Å². The molecule has 25 heavy (non-hydrogen) atoms. The van der Waals surface area contributed by atoms with Crippen molar-refractivity contribution in [1.82, 2.24) is 10.6 Å². The zero-order valence-electron chi connectivity index (χ0n) is 14.7. The number of guanidine groups is 1. The summed E-state index contributed by atoms with van der Waals surface area (Å²) in [6.45, 7) is 5.07. The number of hydrogen-bond donors (Lipinski definition) is 2. The van der Waals surface area contributed by atoms with Gasteiger partial charge in [-0.2, -0.15) is 0 Å². The Labute approximate surface area is 150 Å². The maximum absolute atomic E-state index is 5.80. The molecule has 2 aromatic carbocycles. The Morgan fingerprint density at radius 1 is 1.00 bits per heavy atom. The highest BCUT2D eigenvalue weighted by Gasteiger charge is 1.99. The van der Waals surface area contributed by atoms with E-state index in [2.05, 4.69) is 51.9 Å². The molecule has 0 fully saturated rings. The summed E-state index contributed by atoms with van der Waals surface area (Å²) in [7, 11) is 0. The minimum Gasteiger partial charge on any atom is -0.372 e. The van der Waals surface area contributed by atoms with Crippen LogP contribution in [0.15, 0.2) is 59.6 Å². The van der Waals surface area contributed by atoms with Crippen LogP contribution in [0.1, 0.15) is 23.6 Å². The lowest BCUT2D eigenvalue weighted by atomic mass is 10.1. The summed E-state index contributed by atoms with van der Waals surface area (Å²) < 4.78 is 5.80. The Kier molecular flexibility index (Phi) is 8.10. The molecule has 0 saturated heterocycles. The molecule has 4 nitrogen and oxygen atoms in total. The molecule has 2 rings (SSSR count). The third kappa shape index (κ3) is 7.11. The molecule has 0 aromatic heterocycles. The number of benzene rings is 2. The van der Waals surface area contributed by atoms with Gasteiger partial charge in [-0.25, -0.2) is 4.99 Å². The van der Waals surface area contributed by atoms with Crippen LogP contribution in [0, 0.1) is 12.3 Å². The van der Waals surface area contributed by atoms with Gasteiger partial charge in [-0.05, 0) is 23.6 Å². The Bertz CT molecular complexity index is 705. The minimum atomic E-state index is 0.458. The van der Waals surface area contributed by atoms with Crippen LogP contribution in [-0.2, 0) is 24.5 Å². The summed E-state index contributed by atoms with van der Waals surface area (Å²) in [5, 5.41) is 6.26. The molecule has 0 aliphatic carbocycles. The predicted molar refractivity (Wildman–Crippen MR) is 103 cm³/mol. The van der Waals surface area contributed by atoms with Crippen LogP contribution < -0.4 is 10.6 Å². The highest BCUT2D eigenvalue weighted by molar-refractivity contribution is 5.79. The standard InChI is InChI=1S/C21H25N3O/c1-3-13-23-21(22-4-2)24-15-19-11-8-12-20(14-19)17-25-16-18-9-6-5-7-10-18/h1,5-12,14H,4,13,15-17H2,2H3,(H2,22,23,24). The first kappa shape index (κ1) is 18.6. The van der Waals surface area contributed by atoms with Crippen molar-refractivity contribution in [3.63, 3.8) is 0 Å². The second kappa shape index (κ2) is 10.9. The van der Waals surface area contributed by atoms with E-state index in [0.717, 1.165) is 23.6 Å². The molecule has 2 N–H and O–H groups in total. The van der Waals surface area contributed by atoms with Gasteiger partial charge in [-0.1, -0.05) is 60.5 Å². The second-order valence-corrected chi connectivity index (χ2v) is 5.55. The Morgan fingerprint density at radius 2 is 1.72 bits per heavy atom. The molecule has 0 aliphatic heterocycles. The summed E-state index contributed by atoms with van der Waals surface area (Å²) in [6.07, 6.45) is 5.28. The van der Waals surface area contributed by atoms with Crippen molar-refractivity contribution >= 4 is 5.96 Å². The van der Waals surface area contributed by atoms with E-state index in [1.165, 1.54) is 5.56 Å². The van der Waals surface area contributed by atoms with Crippen LogP contribution in [0.5, 0.6) is 0 Å². The molecule has 0 unspecified atom stereocenters. The lowest BCUT2D eigenvalue weighted by molar-refractivity contribution is 0.107. The largest absolute Gasteiger partial charge is 0.372 e. The lowest BCUT2D eigenvalue weighted by Crippen LogP contribution is -2.37. The monoisotopic (exact) mass is 335 g/mol. The maximum Gasteiger partial charge on any atom is 0.192 e. The highest BCUT2D eigenvalue weighted by Crippen LogP contribution is 2.09. The maximum atomic E-state index is 5.80. The molecular formula is C21H25N3O. The molecule has 0 heterocycles. The molecule has 0 atom stereocenters. The van der Waals surface area contributed by atoms with Gasteiger partial charge in [-0.3, -0.25) is 0 Å². The predicted octanol–water partition coefficient (Wildman–Crippen LogP) is 3.09. The van der Waals surface area contributed by atoms with Crippen molar-refractivity contribution in [2.24, 2.45) is 4.99 Å².